The molecule has 6 heteroatoms. The largest absolute Gasteiger partial charge is 0.350 e. The number of nitrogens with one attached hydrogen (secondary N) is 1. The molecule has 6 nitrogen and oxygen atoms in total. The highest BCUT2D eigenvalue weighted by Gasteiger charge is 2.19. The molecule has 1 saturated heterocycles. The minimum atomic E-state index is 0.155. The number of nitrogens with two attached hydrogens (primary N) is 1. The predicted octanol–water partition coefficient (Wildman–Crippen LogP) is 0.426. The summed E-state index contributed by atoms with van der Waals surface area (Å²) < 4.78 is 0. The number of likely N-dealkylation sites (tertiary alicyclic amines) is 1. The quantitative estimate of drug-likeness (QED) is 0.598. The van der Waals surface area contributed by atoms with Gasteiger partial charge in [-0.25, -0.2) is 10.8 Å². The van der Waals surface area contributed by atoms with Crippen molar-refractivity contribution in [1.29, 1.82) is 0 Å². The molecule has 0 aliphatic carbocycles. The number of likely N-dealkylation sites (N-methyl/N-ethyl adjacent to an activating group) is 1. The van der Waals surface area contributed by atoms with Crippen molar-refractivity contribution in [3.63, 3.8) is 0 Å². The molecule has 1 amide bonds. The van der Waals surface area contributed by atoms with E-state index in [-0.39, 0.29) is 5.91 Å². The summed E-state index contributed by atoms with van der Waals surface area (Å²) in [5.41, 5.74) is 2.50. The lowest BCUT2D eigenvalue weighted by Gasteiger charge is -2.22. The molecule has 0 radical (unpaired) electrons. The van der Waals surface area contributed by atoms with E-state index in [1.165, 1.54) is 0 Å². The summed E-state index contributed by atoms with van der Waals surface area (Å²) in [6.07, 6.45) is 2.22. The number of rotatable bonds is 4. The van der Waals surface area contributed by atoms with E-state index < -0.39 is 0 Å². The standard InChI is InChI=1S/C12H19N5O/c1-16(9-12(18)17-7-2-3-8-17)11-6-4-5-10(14-11)15-13/h4-6H,2-3,7-9,13H2,1H3,(H,14,15). The van der Waals surface area contributed by atoms with Crippen LogP contribution in [0.15, 0.2) is 18.2 Å². The maximum Gasteiger partial charge on any atom is 0.242 e. The number of hydrazine groups is 1. The van der Waals surface area contributed by atoms with Crippen LogP contribution in [0.1, 0.15) is 12.8 Å². The number of amides is 1. The van der Waals surface area contributed by atoms with Crippen molar-refractivity contribution in [1.82, 2.24) is 9.88 Å². The maximum absolute atomic E-state index is 12.0. The zero-order valence-corrected chi connectivity index (χ0v) is 10.6. The van der Waals surface area contributed by atoms with Crippen LogP contribution in [-0.2, 0) is 4.79 Å². The summed E-state index contributed by atoms with van der Waals surface area (Å²) >= 11 is 0. The molecule has 98 valence electrons. The maximum atomic E-state index is 12.0. The zero-order chi connectivity index (χ0) is 13.0. The Kier molecular flexibility index (Phi) is 3.99. The molecule has 0 saturated carbocycles. The third-order valence-electron chi connectivity index (χ3n) is 3.10. The van der Waals surface area contributed by atoms with E-state index in [1.54, 1.807) is 6.07 Å². The van der Waals surface area contributed by atoms with Gasteiger partial charge in [-0.2, -0.15) is 0 Å². The average molecular weight is 249 g/mol. The first-order valence-corrected chi connectivity index (χ1v) is 6.13. The van der Waals surface area contributed by atoms with Gasteiger partial charge in [0.25, 0.3) is 0 Å². The topological polar surface area (TPSA) is 74.5 Å². The molecule has 0 unspecified atom stereocenters. The molecule has 2 heterocycles. The van der Waals surface area contributed by atoms with E-state index in [0.29, 0.717) is 12.4 Å². The van der Waals surface area contributed by atoms with Gasteiger partial charge in [0, 0.05) is 20.1 Å². The Labute approximate surface area is 107 Å². The highest BCUT2D eigenvalue weighted by atomic mass is 16.2. The Morgan fingerprint density at radius 1 is 1.50 bits per heavy atom. The molecule has 18 heavy (non-hydrogen) atoms. The van der Waals surface area contributed by atoms with E-state index in [2.05, 4.69) is 10.4 Å². The van der Waals surface area contributed by atoms with Gasteiger partial charge < -0.3 is 15.2 Å². The second kappa shape index (κ2) is 5.68. The van der Waals surface area contributed by atoms with Crippen LogP contribution >= 0.6 is 0 Å². The van der Waals surface area contributed by atoms with Crippen LogP contribution in [0.2, 0.25) is 0 Å². The van der Waals surface area contributed by atoms with Crippen LogP contribution < -0.4 is 16.2 Å². The molecular formula is C12H19N5O. The molecule has 1 aliphatic heterocycles. The van der Waals surface area contributed by atoms with Crippen molar-refractivity contribution in [2.75, 3.05) is 37.0 Å². The Hall–Kier alpha value is -1.82. The fourth-order valence-electron chi connectivity index (χ4n) is 2.07. The minimum absolute atomic E-state index is 0.155. The lowest BCUT2D eigenvalue weighted by molar-refractivity contribution is -0.128. The molecule has 0 bridgehead atoms. The molecule has 1 fully saturated rings. The zero-order valence-electron chi connectivity index (χ0n) is 10.6. The third kappa shape index (κ3) is 2.89. The number of hydrogen-bond donors (Lipinski definition) is 2. The summed E-state index contributed by atoms with van der Waals surface area (Å²) in [5.74, 6) is 6.79. The van der Waals surface area contributed by atoms with Gasteiger partial charge in [0.15, 0.2) is 0 Å². The minimum Gasteiger partial charge on any atom is -0.350 e. The molecule has 3 N–H and O–H groups in total. The summed E-state index contributed by atoms with van der Waals surface area (Å²) in [4.78, 5) is 20.0. The van der Waals surface area contributed by atoms with Crippen LogP contribution in [0.4, 0.5) is 11.6 Å². The number of pyridine rings is 1. The van der Waals surface area contributed by atoms with E-state index in [9.17, 15) is 4.79 Å². The van der Waals surface area contributed by atoms with Crippen molar-refractivity contribution in [3.8, 4) is 0 Å². The number of hydrogen-bond acceptors (Lipinski definition) is 5. The second-order valence-electron chi connectivity index (χ2n) is 4.47. The normalized spacial score (nSPS) is 14.7. The van der Waals surface area contributed by atoms with Crippen LogP contribution in [0.5, 0.6) is 0 Å². The van der Waals surface area contributed by atoms with Crippen LogP contribution in [0, 0.1) is 0 Å². The lowest BCUT2D eigenvalue weighted by atomic mass is 10.4. The summed E-state index contributed by atoms with van der Waals surface area (Å²) in [5, 5.41) is 0. The highest BCUT2D eigenvalue weighted by Crippen LogP contribution is 2.13. The molecule has 1 aromatic heterocycles. The molecule has 1 aliphatic rings. The van der Waals surface area contributed by atoms with E-state index >= 15 is 0 Å². The number of anilines is 2. The fourth-order valence-corrected chi connectivity index (χ4v) is 2.07. The van der Waals surface area contributed by atoms with Gasteiger partial charge in [0.2, 0.25) is 5.91 Å². The van der Waals surface area contributed by atoms with Gasteiger partial charge in [-0.05, 0) is 25.0 Å². The van der Waals surface area contributed by atoms with Crippen molar-refractivity contribution in [2.24, 2.45) is 5.84 Å². The first-order chi connectivity index (χ1) is 8.70. The highest BCUT2D eigenvalue weighted by molar-refractivity contribution is 5.81. The van der Waals surface area contributed by atoms with Gasteiger partial charge in [-0.1, -0.05) is 6.07 Å². The molecule has 0 aromatic carbocycles. The Morgan fingerprint density at radius 3 is 2.89 bits per heavy atom. The molecular weight excluding hydrogens is 230 g/mol. The Morgan fingerprint density at radius 2 is 2.22 bits per heavy atom. The van der Waals surface area contributed by atoms with E-state index in [4.69, 9.17) is 5.84 Å². The monoisotopic (exact) mass is 249 g/mol. The molecule has 1 aromatic rings. The summed E-state index contributed by atoms with van der Waals surface area (Å²) in [6.45, 7) is 2.11. The van der Waals surface area contributed by atoms with Crippen LogP contribution in [0.25, 0.3) is 0 Å². The lowest BCUT2D eigenvalue weighted by Crippen LogP contribution is -2.37. The number of nitrogens with zero attached hydrogens (tertiary/aromatic N) is 3. The van der Waals surface area contributed by atoms with E-state index in [1.807, 2.05) is 29.0 Å². The van der Waals surface area contributed by atoms with Gasteiger partial charge in [0.1, 0.15) is 11.6 Å². The van der Waals surface area contributed by atoms with Crippen molar-refractivity contribution < 1.29 is 4.79 Å². The molecule has 0 atom stereocenters. The number of nitrogen functional groups attached to an aromatic ring is 1. The number of carbonyl (C=O) groups excluding carboxylic acids is 1. The number of aromatic nitrogens is 1. The van der Waals surface area contributed by atoms with Gasteiger partial charge in [-0.15, -0.1) is 0 Å². The molecule has 0 spiro atoms. The van der Waals surface area contributed by atoms with Crippen LogP contribution in [0.3, 0.4) is 0 Å². The smallest absolute Gasteiger partial charge is 0.242 e. The van der Waals surface area contributed by atoms with Crippen molar-refractivity contribution in [2.45, 2.75) is 12.8 Å². The number of carbonyl (C=O) groups is 1. The van der Waals surface area contributed by atoms with Gasteiger partial charge in [-0.3, -0.25) is 4.79 Å². The Bertz CT molecular complexity index is 417. The third-order valence-corrected chi connectivity index (χ3v) is 3.10. The Balaban J connectivity index is 1.97. The van der Waals surface area contributed by atoms with Crippen molar-refractivity contribution in [3.05, 3.63) is 18.2 Å². The average Bonchev–Trinajstić information content (AvgIpc) is 2.92. The van der Waals surface area contributed by atoms with Gasteiger partial charge in [0.05, 0.1) is 6.54 Å². The summed E-state index contributed by atoms with van der Waals surface area (Å²) in [7, 11) is 1.86. The first kappa shape index (κ1) is 12.6. The SMILES string of the molecule is CN(CC(=O)N1CCCC1)c1cccc(NN)n1. The summed E-state index contributed by atoms with van der Waals surface area (Å²) in [6, 6.07) is 5.49. The molecule has 2 rings (SSSR count). The van der Waals surface area contributed by atoms with E-state index in [0.717, 1.165) is 31.7 Å². The predicted molar refractivity (Wildman–Crippen MR) is 71.1 cm³/mol. The van der Waals surface area contributed by atoms with Crippen molar-refractivity contribution >= 4 is 17.5 Å². The second-order valence-corrected chi connectivity index (χ2v) is 4.47. The van der Waals surface area contributed by atoms with Gasteiger partial charge >= 0.3 is 0 Å². The first-order valence-electron chi connectivity index (χ1n) is 6.13. The fraction of sp³-hybridized carbons (Fsp3) is 0.500. The van der Waals surface area contributed by atoms with Crippen LogP contribution in [-0.4, -0.2) is 42.5 Å².